The number of halogens is 2. The van der Waals surface area contributed by atoms with Crippen molar-refractivity contribution in [1.82, 2.24) is 4.57 Å². The fourth-order valence-electron chi connectivity index (χ4n) is 4.18. The second-order valence-electron chi connectivity index (χ2n) is 7.88. The maximum Gasteiger partial charge on any atom is 0.374 e. The number of fused-ring (bicyclic) bond motifs is 2. The van der Waals surface area contributed by atoms with Crippen molar-refractivity contribution in [2.45, 2.75) is 0 Å². The first kappa shape index (κ1) is 28.3. The maximum atomic E-state index is 13.9. The van der Waals surface area contributed by atoms with Crippen molar-refractivity contribution < 1.29 is 47.3 Å². The Morgan fingerprint density at radius 1 is 0.700 bits per heavy atom. The lowest BCUT2D eigenvalue weighted by Gasteiger charge is -2.18. The Labute approximate surface area is 232 Å². The number of Topliss-reactive ketones (excluding diaryl/α,β-unsaturated/α-hetero) is 1. The Morgan fingerprint density at radius 3 is 1.80 bits per heavy atom. The molecule has 0 amide bonds. The van der Waals surface area contributed by atoms with Crippen molar-refractivity contribution in [3.05, 3.63) is 71.4 Å². The molecule has 3 aromatic rings. The minimum atomic E-state index is -1.32. The molecule has 206 valence electrons. The average Bonchev–Trinajstić information content (AvgIpc) is 3.24. The van der Waals surface area contributed by atoms with Crippen molar-refractivity contribution in [3.63, 3.8) is 0 Å². The van der Waals surface area contributed by atoms with E-state index in [2.05, 4.69) is 9.47 Å². The van der Waals surface area contributed by atoms with Gasteiger partial charge in [-0.05, 0) is 12.1 Å². The molecule has 1 aromatic carbocycles. The summed E-state index contributed by atoms with van der Waals surface area (Å²) in [5, 5.41) is -1.21. The zero-order valence-corrected chi connectivity index (χ0v) is 22.3. The number of hydrogen-bond donors (Lipinski definition) is 0. The van der Waals surface area contributed by atoms with Gasteiger partial charge < -0.3 is 27.9 Å². The van der Waals surface area contributed by atoms with E-state index in [1.807, 2.05) is 0 Å². The highest BCUT2D eigenvalue weighted by molar-refractivity contribution is 6.46. The summed E-state index contributed by atoms with van der Waals surface area (Å²) in [7, 11) is 3.79. The summed E-state index contributed by atoms with van der Waals surface area (Å²) < 4.78 is 24.6. The Balaban J connectivity index is 2.37. The van der Waals surface area contributed by atoms with E-state index < -0.39 is 79.8 Å². The van der Waals surface area contributed by atoms with Crippen molar-refractivity contribution in [2.24, 2.45) is 0 Å². The SMILES string of the molecule is COC(=O)C1=C(C(=O)OC)C(C(=O)OC)=C(n2c3cc(Cl)c(Cl)cc3c(=O)c3c(=O)oc(C(=O)OC)cc32)C1=O. The molecule has 13 nitrogen and oxygen atoms in total. The van der Waals surface area contributed by atoms with E-state index in [9.17, 15) is 33.6 Å². The number of aromatic nitrogens is 1. The van der Waals surface area contributed by atoms with E-state index in [0.29, 0.717) is 0 Å². The number of carbonyl (C=O) groups is 5. The quantitative estimate of drug-likeness (QED) is 0.182. The van der Waals surface area contributed by atoms with Crippen LogP contribution in [0.4, 0.5) is 0 Å². The third-order valence-electron chi connectivity index (χ3n) is 5.88. The number of methoxy groups -OCH3 is 4. The van der Waals surface area contributed by atoms with Gasteiger partial charge in [-0.15, -0.1) is 0 Å². The Bertz CT molecular complexity index is 1890. The first-order valence-corrected chi connectivity index (χ1v) is 11.6. The lowest BCUT2D eigenvalue weighted by molar-refractivity contribution is -0.140. The van der Waals surface area contributed by atoms with Crippen molar-refractivity contribution in [3.8, 4) is 0 Å². The zero-order chi connectivity index (χ0) is 29.6. The maximum absolute atomic E-state index is 13.9. The third-order valence-corrected chi connectivity index (χ3v) is 6.60. The normalized spacial score (nSPS) is 13.2. The van der Waals surface area contributed by atoms with Gasteiger partial charge in [0.05, 0.1) is 55.1 Å². The molecule has 15 heteroatoms. The van der Waals surface area contributed by atoms with Crippen molar-refractivity contribution in [2.75, 3.05) is 28.4 Å². The molecule has 0 aliphatic heterocycles. The molecule has 2 heterocycles. The summed E-state index contributed by atoms with van der Waals surface area (Å²) >= 11 is 12.3. The molecule has 0 fully saturated rings. The summed E-state index contributed by atoms with van der Waals surface area (Å²) in [6.07, 6.45) is 0. The smallest absolute Gasteiger partial charge is 0.374 e. The third kappa shape index (κ3) is 4.15. The monoisotopic (exact) mass is 591 g/mol. The molecule has 0 saturated heterocycles. The minimum Gasteiger partial charge on any atom is -0.465 e. The van der Waals surface area contributed by atoms with Gasteiger partial charge in [-0.2, -0.15) is 0 Å². The number of pyridine rings is 1. The predicted octanol–water partition coefficient (Wildman–Crippen LogP) is 1.81. The van der Waals surface area contributed by atoms with Gasteiger partial charge in [-0.1, -0.05) is 23.2 Å². The van der Waals surface area contributed by atoms with Crippen LogP contribution in [-0.2, 0) is 38.1 Å². The van der Waals surface area contributed by atoms with E-state index in [4.69, 9.17) is 37.1 Å². The lowest BCUT2D eigenvalue weighted by atomic mass is 10.1. The highest BCUT2D eigenvalue weighted by Gasteiger charge is 2.45. The van der Waals surface area contributed by atoms with Crippen molar-refractivity contribution >= 4 is 80.4 Å². The highest BCUT2D eigenvalue weighted by atomic mass is 35.5. The van der Waals surface area contributed by atoms with E-state index in [-0.39, 0.29) is 20.9 Å². The molecule has 0 atom stereocenters. The topological polar surface area (TPSA) is 174 Å². The number of ether oxygens (including phenoxy) is 4. The highest BCUT2D eigenvalue weighted by Crippen LogP contribution is 2.39. The standard InChI is InChI=1S/C25H15Cl2NO12/c1-36-21(31)13-7-12-14(25(35)40-13)19(29)8-5-9(26)10(27)6-11(8)28(12)18-16(23(33)38-3)15(22(32)37-2)17(20(18)30)24(34)39-4/h5-7H,1-4H3. The number of esters is 4. The number of carbonyl (C=O) groups excluding carboxylic acids is 5. The van der Waals surface area contributed by atoms with Crippen LogP contribution in [0.25, 0.3) is 27.5 Å². The Kier molecular flexibility index (Phi) is 7.37. The molecular weight excluding hydrogens is 577 g/mol. The molecule has 0 spiro atoms. The number of benzene rings is 1. The molecule has 40 heavy (non-hydrogen) atoms. The molecule has 0 saturated carbocycles. The van der Waals surface area contributed by atoms with E-state index >= 15 is 0 Å². The van der Waals surface area contributed by atoms with Crippen LogP contribution in [0.2, 0.25) is 10.0 Å². The molecule has 0 unspecified atom stereocenters. The van der Waals surface area contributed by atoms with E-state index in [1.54, 1.807) is 0 Å². The summed E-state index contributed by atoms with van der Waals surface area (Å²) in [5.74, 6) is -6.94. The van der Waals surface area contributed by atoms with Gasteiger partial charge in [0, 0.05) is 11.5 Å². The molecular formula is C25H15Cl2NO12. The first-order chi connectivity index (χ1) is 18.9. The van der Waals surface area contributed by atoms with Gasteiger partial charge in [0.15, 0.2) is 0 Å². The molecule has 2 aromatic heterocycles. The molecule has 1 aliphatic rings. The van der Waals surface area contributed by atoms with E-state index in [1.165, 1.54) is 0 Å². The van der Waals surface area contributed by atoms with Crippen LogP contribution in [-0.4, -0.2) is 62.7 Å². The van der Waals surface area contributed by atoms with Gasteiger partial charge in [0.1, 0.15) is 22.2 Å². The predicted molar refractivity (Wildman–Crippen MR) is 137 cm³/mol. The first-order valence-electron chi connectivity index (χ1n) is 10.8. The van der Waals surface area contributed by atoms with Gasteiger partial charge in [-0.3, -0.25) is 9.59 Å². The number of allylic oxidation sites excluding steroid dienone is 1. The Hall–Kier alpha value is -4.75. The van der Waals surface area contributed by atoms with Crippen LogP contribution in [0.15, 0.2) is 48.9 Å². The summed E-state index contributed by atoms with van der Waals surface area (Å²) in [6.45, 7) is 0. The van der Waals surface area contributed by atoms with Crippen LogP contribution < -0.4 is 11.1 Å². The largest absolute Gasteiger partial charge is 0.465 e. The van der Waals surface area contributed by atoms with Crippen LogP contribution >= 0.6 is 23.2 Å². The second kappa shape index (κ2) is 10.4. The summed E-state index contributed by atoms with van der Waals surface area (Å²) in [4.78, 5) is 91.2. The number of nitrogens with zero attached hydrogens (tertiary/aromatic N) is 1. The summed E-state index contributed by atoms with van der Waals surface area (Å²) in [5.41, 5.74) is -6.14. The lowest BCUT2D eigenvalue weighted by Crippen LogP contribution is -2.23. The Morgan fingerprint density at radius 2 is 1.23 bits per heavy atom. The van der Waals surface area contributed by atoms with Crippen LogP contribution in [0.5, 0.6) is 0 Å². The van der Waals surface area contributed by atoms with Crippen LogP contribution in [0, 0.1) is 0 Å². The molecule has 0 N–H and O–H groups in total. The van der Waals surface area contributed by atoms with Crippen LogP contribution in [0.3, 0.4) is 0 Å². The van der Waals surface area contributed by atoms with Gasteiger partial charge in [-0.25, -0.2) is 24.0 Å². The molecule has 0 radical (unpaired) electrons. The van der Waals surface area contributed by atoms with E-state index in [0.717, 1.165) is 51.2 Å². The molecule has 0 bridgehead atoms. The zero-order valence-electron chi connectivity index (χ0n) is 20.8. The van der Waals surface area contributed by atoms with Crippen molar-refractivity contribution in [1.29, 1.82) is 0 Å². The second-order valence-corrected chi connectivity index (χ2v) is 8.69. The average molecular weight is 592 g/mol. The fraction of sp³-hybridized carbons (Fsp3) is 0.160. The van der Waals surface area contributed by atoms with Gasteiger partial charge in [0.2, 0.25) is 17.0 Å². The van der Waals surface area contributed by atoms with Crippen LogP contribution in [0.1, 0.15) is 10.6 Å². The molecule has 1 aliphatic carbocycles. The van der Waals surface area contributed by atoms with Gasteiger partial charge >= 0.3 is 29.5 Å². The minimum absolute atomic E-state index is 0.115. The summed E-state index contributed by atoms with van der Waals surface area (Å²) in [6, 6.07) is 3.13. The van der Waals surface area contributed by atoms with Gasteiger partial charge in [0.25, 0.3) is 0 Å². The number of rotatable bonds is 5. The number of ketones is 1. The number of hydrogen-bond acceptors (Lipinski definition) is 12. The fourth-order valence-corrected chi connectivity index (χ4v) is 4.50. The molecule has 4 rings (SSSR count).